The van der Waals surface area contributed by atoms with Crippen molar-refractivity contribution < 1.29 is 0 Å². The Kier molecular flexibility index (Phi) is 5.45. The summed E-state index contributed by atoms with van der Waals surface area (Å²) in [4.78, 5) is 2.53. The first kappa shape index (κ1) is 16.5. The maximum absolute atomic E-state index is 6.21. The van der Waals surface area contributed by atoms with E-state index in [1.54, 1.807) is 0 Å². The van der Waals surface area contributed by atoms with Gasteiger partial charge in [0.2, 0.25) is 0 Å². The fourth-order valence-corrected chi connectivity index (χ4v) is 3.76. The summed E-state index contributed by atoms with van der Waals surface area (Å²) in [7, 11) is 2.26. The van der Waals surface area contributed by atoms with Gasteiger partial charge >= 0.3 is 0 Å². The zero-order valence-corrected chi connectivity index (χ0v) is 14.3. The van der Waals surface area contributed by atoms with E-state index >= 15 is 0 Å². The van der Waals surface area contributed by atoms with Gasteiger partial charge < -0.3 is 5.73 Å². The van der Waals surface area contributed by atoms with Crippen LogP contribution in [0.4, 0.5) is 0 Å². The fraction of sp³-hybridized carbons (Fsp3) is 0.684. The van der Waals surface area contributed by atoms with Crippen LogP contribution in [-0.2, 0) is 6.54 Å². The zero-order valence-electron chi connectivity index (χ0n) is 14.3. The molecular weight excluding hydrogens is 256 g/mol. The lowest BCUT2D eigenvalue weighted by Crippen LogP contribution is -2.53. The number of hydrogen-bond acceptors (Lipinski definition) is 2. The molecule has 1 fully saturated rings. The third-order valence-electron chi connectivity index (χ3n) is 5.72. The first-order valence-corrected chi connectivity index (χ1v) is 8.48. The second kappa shape index (κ2) is 6.93. The molecule has 0 heterocycles. The SMILES string of the molecule is CCC1CCC(CN)(N(C)Cc2cc(C)ccc2C)CC1. The molecule has 2 heteroatoms. The van der Waals surface area contributed by atoms with Crippen LogP contribution in [0.25, 0.3) is 0 Å². The molecule has 0 saturated heterocycles. The number of aryl methyl sites for hydroxylation is 2. The van der Waals surface area contributed by atoms with Crippen molar-refractivity contribution >= 4 is 0 Å². The van der Waals surface area contributed by atoms with Crippen LogP contribution in [0.3, 0.4) is 0 Å². The third-order valence-corrected chi connectivity index (χ3v) is 5.72. The Bertz CT molecular complexity index is 459. The number of hydrogen-bond donors (Lipinski definition) is 1. The molecule has 0 radical (unpaired) electrons. The van der Waals surface area contributed by atoms with Crippen molar-refractivity contribution in [2.24, 2.45) is 11.7 Å². The minimum Gasteiger partial charge on any atom is -0.329 e. The molecule has 0 aliphatic heterocycles. The molecule has 1 aromatic carbocycles. The number of nitrogens with two attached hydrogens (primary N) is 1. The van der Waals surface area contributed by atoms with Crippen LogP contribution in [0.1, 0.15) is 55.7 Å². The van der Waals surface area contributed by atoms with E-state index in [-0.39, 0.29) is 5.54 Å². The summed E-state index contributed by atoms with van der Waals surface area (Å²) >= 11 is 0. The Morgan fingerprint density at radius 1 is 1.24 bits per heavy atom. The van der Waals surface area contributed by atoms with Crippen molar-refractivity contribution in [3.63, 3.8) is 0 Å². The molecule has 21 heavy (non-hydrogen) atoms. The average molecular weight is 288 g/mol. The van der Waals surface area contributed by atoms with E-state index in [2.05, 4.69) is 50.9 Å². The molecule has 2 N–H and O–H groups in total. The molecule has 0 unspecified atom stereocenters. The molecule has 1 aliphatic carbocycles. The smallest absolute Gasteiger partial charge is 0.0332 e. The molecule has 0 bridgehead atoms. The van der Waals surface area contributed by atoms with E-state index in [1.165, 1.54) is 48.8 Å². The molecule has 1 aliphatic rings. The quantitative estimate of drug-likeness (QED) is 0.886. The van der Waals surface area contributed by atoms with E-state index in [4.69, 9.17) is 5.73 Å². The minimum absolute atomic E-state index is 0.210. The standard InChI is InChI=1S/C19H32N2/c1-5-17-8-10-19(14-20,11-9-17)21(4)13-18-12-15(2)6-7-16(18)3/h6-7,12,17H,5,8-11,13-14,20H2,1-4H3. The van der Waals surface area contributed by atoms with Gasteiger partial charge in [0.05, 0.1) is 0 Å². The Hall–Kier alpha value is -0.860. The summed E-state index contributed by atoms with van der Waals surface area (Å²) < 4.78 is 0. The van der Waals surface area contributed by atoms with E-state index in [1.807, 2.05) is 0 Å². The van der Waals surface area contributed by atoms with Crippen molar-refractivity contribution in [3.05, 3.63) is 34.9 Å². The van der Waals surface area contributed by atoms with Crippen molar-refractivity contribution in [3.8, 4) is 0 Å². The first-order valence-electron chi connectivity index (χ1n) is 8.48. The Morgan fingerprint density at radius 2 is 1.90 bits per heavy atom. The number of rotatable bonds is 5. The molecule has 2 nitrogen and oxygen atoms in total. The molecule has 1 aromatic rings. The van der Waals surface area contributed by atoms with Gasteiger partial charge in [-0.2, -0.15) is 0 Å². The minimum atomic E-state index is 0.210. The number of benzene rings is 1. The van der Waals surface area contributed by atoms with E-state index in [0.29, 0.717) is 0 Å². The van der Waals surface area contributed by atoms with Gasteiger partial charge in [-0.15, -0.1) is 0 Å². The van der Waals surface area contributed by atoms with E-state index < -0.39 is 0 Å². The highest BCUT2D eigenvalue weighted by Gasteiger charge is 2.37. The van der Waals surface area contributed by atoms with Gasteiger partial charge in [0.25, 0.3) is 0 Å². The van der Waals surface area contributed by atoms with Crippen LogP contribution in [0.2, 0.25) is 0 Å². The lowest BCUT2D eigenvalue weighted by molar-refractivity contribution is 0.0578. The highest BCUT2D eigenvalue weighted by atomic mass is 15.2. The van der Waals surface area contributed by atoms with Crippen LogP contribution < -0.4 is 5.73 Å². The van der Waals surface area contributed by atoms with Crippen molar-refractivity contribution in [2.75, 3.05) is 13.6 Å². The normalized spacial score (nSPS) is 26.3. The van der Waals surface area contributed by atoms with Gasteiger partial charge in [0, 0.05) is 18.6 Å². The zero-order chi connectivity index (χ0) is 15.5. The van der Waals surface area contributed by atoms with Gasteiger partial charge in [0.15, 0.2) is 0 Å². The van der Waals surface area contributed by atoms with Gasteiger partial charge in [0.1, 0.15) is 0 Å². The van der Waals surface area contributed by atoms with Crippen LogP contribution in [0.5, 0.6) is 0 Å². The first-order chi connectivity index (χ1) is 10.0. The molecule has 118 valence electrons. The Morgan fingerprint density at radius 3 is 2.48 bits per heavy atom. The predicted octanol–water partition coefficient (Wildman–Crippen LogP) is 4.03. The summed E-state index contributed by atoms with van der Waals surface area (Å²) in [6.45, 7) is 8.51. The van der Waals surface area contributed by atoms with Gasteiger partial charge in [-0.25, -0.2) is 0 Å². The summed E-state index contributed by atoms with van der Waals surface area (Å²) in [5.74, 6) is 0.916. The molecule has 2 rings (SSSR count). The molecule has 0 spiro atoms. The van der Waals surface area contributed by atoms with E-state index in [9.17, 15) is 0 Å². The third kappa shape index (κ3) is 3.67. The summed E-state index contributed by atoms with van der Waals surface area (Å²) in [5.41, 5.74) is 10.6. The molecular formula is C19H32N2. The summed E-state index contributed by atoms with van der Waals surface area (Å²) in [6, 6.07) is 6.76. The van der Waals surface area contributed by atoms with Crippen molar-refractivity contribution in [2.45, 2.75) is 65.0 Å². The van der Waals surface area contributed by atoms with E-state index in [0.717, 1.165) is 19.0 Å². The molecule has 0 aromatic heterocycles. The Labute approximate surface area is 130 Å². The van der Waals surface area contributed by atoms with Crippen LogP contribution in [0.15, 0.2) is 18.2 Å². The second-order valence-corrected chi connectivity index (χ2v) is 7.07. The van der Waals surface area contributed by atoms with Crippen LogP contribution in [0, 0.1) is 19.8 Å². The van der Waals surface area contributed by atoms with Gasteiger partial charge in [-0.3, -0.25) is 4.90 Å². The van der Waals surface area contributed by atoms with Crippen LogP contribution >= 0.6 is 0 Å². The lowest BCUT2D eigenvalue weighted by atomic mass is 9.74. The second-order valence-electron chi connectivity index (χ2n) is 7.07. The number of nitrogens with zero attached hydrogens (tertiary/aromatic N) is 1. The maximum atomic E-state index is 6.21. The maximum Gasteiger partial charge on any atom is 0.0332 e. The van der Waals surface area contributed by atoms with Gasteiger partial charge in [-0.05, 0) is 63.6 Å². The monoisotopic (exact) mass is 288 g/mol. The molecule has 1 saturated carbocycles. The molecule has 0 atom stereocenters. The largest absolute Gasteiger partial charge is 0.329 e. The highest BCUT2D eigenvalue weighted by molar-refractivity contribution is 5.30. The summed E-state index contributed by atoms with van der Waals surface area (Å²) in [5, 5.41) is 0. The fourth-order valence-electron chi connectivity index (χ4n) is 3.76. The van der Waals surface area contributed by atoms with Gasteiger partial charge in [-0.1, -0.05) is 37.1 Å². The summed E-state index contributed by atoms with van der Waals surface area (Å²) in [6.07, 6.45) is 6.50. The average Bonchev–Trinajstić information content (AvgIpc) is 2.51. The van der Waals surface area contributed by atoms with Crippen LogP contribution in [-0.4, -0.2) is 24.0 Å². The van der Waals surface area contributed by atoms with Crippen molar-refractivity contribution in [1.82, 2.24) is 4.90 Å². The van der Waals surface area contributed by atoms with Crippen molar-refractivity contribution in [1.29, 1.82) is 0 Å². The lowest BCUT2D eigenvalue weighted by Gasteiger charge is -2.46. The Balaban J connectivity index is 2.10. The molecule has 0 amide bonds. The highest BCUT2D eigenvalue weighted by Crippen LogP contribution is 2.37. The topological polar surface area (TPSA) is 29.3 Å². The number of likely N-dealkylation sites (N-methyl/N-ethyl adjacent to an activating group) is 1. The predicted molar refractivity (Wildman–Crippen MR) is 91.4 cm³/mol.